The minimum absolute atomic E-state index is 0.198. The number of hydrogen-bond acceptors (Lipinski definition) is 2. The van der Waals surface area contributed by atoms with Crippen LogP contribution in [0.1, 0.15) is 17.5 Å². The van der Waals surface area contributed by atoms with Crippen LogP contribution in [0.5, 0.6) is 0 Å². The van der Waals surface area contributed by atoms with Crippen LogP contribution in [0.2, 0.25) is 0 Å². The van der Waals surface area contributed by atoms with Crippen LogP contribution in [0.15, 0.2) is 24.3 Å². The first kappa shape index (κ1) is 14.6. The molecule has 100 valence electrons. The number of amides is 1. The maximum absolute atomic E-state index is 12.8. The van der Waals surface area contributed by atoms with Crippen molar-refractivity contribution in [1.29, 1.82) is 0 Å². The number of halogens is 2. The first-order chi connectivity index (χ1) is 8.43. The van der Waals surface area contributed by atoms with Gasteiger partial charge in [-0.1, -0.05) is 29.8 Å². The molecule has 0 unspecified atom stereocenters. The second-order valence-electron chi connectivity index (χ2n) is 4.32. The van der Waals surface area contributed by atoms with Gasteiger partial charge in [0, 0.05) is 6.42 Å². The molecule has 1 aromatic rings. The smallest absolute Gasteiger partial charge is 0.277 e. The van der Waals surface area contributed by atoms with Crippen LogP contribution >= 0.6 is 0 Å². The molecule has 0 fully saturated rings. The highest BCUT2D eigenvalue weighted by Crippen LogP contribution is 2.09. The summed E-state index contributed by atoms with van der Waals surface area (Å²) in [6.07, 6.45) is 0.740. The van der Waals surface area contributed by atoms with Gasteiger partial charge in [0.25, 0.3) is 5.92 Å². The molecule has 0 heterocycles. The fraction of sp³-hybridized carbons (Fsp3) is 0.462. The quantitative estimate of drug-likeness (QED) is 0.813. The van der Waals surface area contributed by atoms with Crippen LogP contribution in [0.3, 0.4) is 0 Å². The lowest BCUT2D eigenvalue weighted by Gasteiger charge is -2.14. The number of nitrogens with two attached hydrogens (primary N) is 1. The van der Waals surface area contributed by atoms with Gasteiger partial charge in [-0.3, -0.25) is 4.79 Å². The van der Waals surface area contributed by atoms with E-state index >= 15 is 0 Å². The third kappa shape index (κ3) is 5.23. The van der Waals surface area contributed by atoms with Crippen LogP contribution in [0, 0.1) is 6.92 Å². The zero-order valence-corrected chi connectivity index (χ0v) is 10.4. The predicted molar refractivity (Wildman–Crippen MR) is 66.5 cm³/mol. The lowest BCUT2D eigenvalue weighted by molar-refractivity contribution is -0.122. The molecule has 0 aliphatic rings. The number of carbonyl (C=O) groups is 1. The van der Waals surface area contributed by atoms with Crippen molar-refractivity contribution in [2.45, 2.75) is 25.7 Å². The molecule has 0 radical (unpaired) electrons. The number of hydrogen-bond donors (Lipinski definition) is 2. The number of carbonyl (C=O) groups excluding carboxylic acids is 1. The maximum atomic E-state index is 12.8. The van der Waals surface area contributed by atoms with Crippen LogP contribution < -0.4 is 11.1 Å². The van der Waals surface area contributed by atoms with Gasteiger partial charge in [0.05, 0.1) is 13.1 Å². The largest absolute Gasteiger partial charge is 0.350 e. The molecular formula is C13H18F2N2O. The normalized spacial score (nSPS) is 11.3. The summed E-state index contributed by atoms with van der Waals surface area (Å²) in [7, 11) is 0. The molecule has 3 nitrogen and oxygen atoms in total. The van der Waals surface area contributed by atoms with E-state index < -0.39 is 19.0 Å². The fourth-order valence-electron chi connectivity index (χ4n) is 1.40. The van der Waals surface area contributed by atoms with E-state index in [0.29, 0.717) is 6.42 Å². The molecule has 0 aliphatic carbocycles. The molecular weight excluding hydrogens is 238 g/mol. The number of rotatable bonds is 6. The Balaban J connectivity index is 2.31. The Morgan fingerprint density at radius 1 is 1.33 bits per heavy atom. The second kappa shape index (κ2) is 6.44. The minimum atomic E-state index is -3.03. The summed E-state index contributed by atoms with van der Waals surface area (Å²) in [6.45, 7) is 0.521. The Kier molecular flexibility index (Phi) is 5.22. The molecule has 0 saturated carbocycles. The van der Waals surface area contributed by atoms with Gasteiger partial charge in [0.2, 0.25) is 5.91 Å². The Labute approximate surface area is 105 Å². The summed E-state index contributed by atoms with van der Waals surface area (Å²) >= 11 is 0. The van der Waals surface area contributed by atoms with Crippen molar-refractivity contribution >= 4 is 5.91 Å². The second-order valence-corrected chi connectivity index (χ2v) is 4.32. The SMILES string of the molecule is Cc1ccc(CCC(=O)NCC(F)(F)CN)cc1. The predicted octanol–water partition coefficient (Wildman–Crippen LogP) is 1.64. The van der Waals surface area contributed by atoms with Gasteiger partial charge in [-0.2, -0.15) is 0 Å². The molecule has 0 aliphatic heterocycles. The fourth-order valence-corrected chi connectivity index (χ4v) is 1.40. The molecule has 1 rings (SSSR count). The van der Waals surface area contributed by atoms with Crippen molar-refractivity contribution < 1.29 is 13.6 Å². The zero-order valence-electron chi connectivity index (χ0n) is 10.4. The highest BCUT2D eigenvalue weighted by atomic mass is 19.3. The van der Waals surface area contributed by atoms with Gasteiger partial charge in [-0.25, -0.2) is 8.78 Å². The van der Waals surface area contributed by atoms with Gasteiger partial charge in [0.15, 0.2) is 0 Å². The number of benzene rings is 1. The van der Waals surface area contributed by atoms with Crippen LogP contribution in [0.4, 0.5) is 8.78 Å². The Morgan fingerprint density at radius 2 is 1.94 bits per heavy atom. The highest BCUT2D eigenvalue weighted by Gasteiger charge is 2.26. The molecule has 0 spiro atoms. The van der Waals surface area contributed by atoms with Gasteiger partial charge in [-0.15, -0.1) is 0 Å². The maximum Gasteiger partial charge on any atom is 0.277 e. The monoisotopic (exact) mass is 256 g/mol. The van der Waals surface area contributed by atoms with E-state index in [1.165, 1.54) is 0 Å². The number of nitrogens with one attached hydrogen (secondary N) is 1. The van der Waals surface area contributed by atoms with Crippen molar-refractivity contribution in [2.24, 2.45) is 5.73 Å². The first-order valence-corrected chi connectivity index (χ1v) is 5.83. The lowest BCUT2D eigenvalue weighted by atomic mass is 10.1. The van der Waals surface area contributed by atoms with Crippen molar-refractivity contribution in [2.75, 3.05) is 13.1 Å². The number of alkyl halides is 2. The summed E-state index contributed by atoms with van der Waals surface area (Å²) in [5, 5.41) is 2.19. The number of aryl methyl sites for hydroxylation is 2. The zero-order chi connectivity index (χ0) is 13.6. The van der Waals surface area contributed by atoms with E-state index in [4.69, 9.17) is 5.73 Å². The van der Waals surface area contributed by atoms with E-state index in [0.717, 1.165) is 11.1 Å². The molecule has 0 aromatic heterocycles. The summed E-state index contributed by atoms with van der Waals surface area (Å²) in [5.41, 5.74) is 7.03. The summed E-state index contributed by atoms with van der Waals surface area (Å²) < 4.78 is 25.6. The van der Waals surface area contributed by atoms with E-state index in [2.05, 4.69) is 5.32 Å². The Bertz CT molecular complexity index is 390. The van der Waals surface area contributed by atoms with Crippen LogP contribution in [0.25, 0.3) is 0 Å². The lowest BCUT2D eigenvalue weighted by Crippen LogP contribution is -2.41. The van der Waals surface area contributed by atoms with E-state index in [-0.39, 0.29) is 12.3 Å². The first-order valence-electron chi connectivity index (χ1n) is 5.83. The van der Waals surface area contributed by atoms with Crippen LogP contribution in [-0.2, 0) is 11.2 Å². The van der Waals surface area contributed by atoms with Gasteiger partial charge < -0.3 is 11.1 Å². The summed E-state index contributed by atoms with van der Waals surface area (Å²) in [6, 6.07) is 7.76. The van der Waals surface area contributed by atoms with Crippen molar-refractivity contribution in [3.05, 3.63) is 35.4 Å². The Hall–Kier alpha value is -1.49. The topological polar surface area (TPSA) is 55.1 Å². The van der Waals surface area contributed by atoms with E-state index in [1.807, 2.05) is 31.2 Å². The van der Waals surface area contributed by atoms with Gasteiger partial charge >= 0.3 is 0 Å². The molecule has 0 saturated heterocycles. The third-order valence-corrected chi connectivity index (χ3v) is 2.60. The third-order valence-electron chi connectivity index (χ3n) is 2.60. The van der Waals surface area contributed by atoms with Crippen LogP contribution in [-0.4, -0.2) is 24.9 Å². The van der Waals surface area contributed by atoms with Crippen molar-refractivity contribution in [1.82, 2.24) is 5.32 Å². The minimum Gasteiger partial charge on any atom is -0.350 e. The molecule has 1 aromatic carbocycles. The molecule has 0 atom stereocenters. The molecule has 5 heteroatoms. The molecule has 0 bridgehead atoms. The standard InChI is InChI=1S/C13H18F2N2O/c1-10-2-4-11(5-3-10)6-7-12(18)17-9-13(14,15)8-16/h2-5H,6-9,16H2,1H3,(H,17,18). The van der Waals surface area contributed by atoms with Crippen molar-refractivity contribution in [3.63, 3.8) is 0 Å². The molecule has 1 amide bonds. The average Bonchev–Trinajstić information content (AvgIpc) is 2.36. The summed E-state index contributed by atoms with van der Waals surface area (Å²) in [5.74, 6) is -3.41. The van der Waals surface area contributed by atoms with E-state index in [9.17, 15) is 13.6 Å². The van der Waals surface area contributed by atoms with E-state index in [1.54, 1.807) is 0 Å². The van der Waals surface area contributed by atoms with Gasteiger partial charge in [-0.05, 0) is 18.9 Å². The summed E-state index contributed by atoms with van der Waals surface area (Å²) in [4.78, 5) is 11.4. The molecule has 3 N–H and O–H groups in total. The van der Waals surface area contributed by atoms with Gasteiger partial charge in [0.1, 0.15) is 0 Å². The molecule has 18 heavy (non-hydrogen) atoms. The Morgan fingerprint density at radius 3 is 2.50 bits per heavy atom. The van der Waals surface area contributed by atoms with Crippen molar-refractivity contribution in [3.8, 4) is 0 Å². The highest BCUT2D eigenvalue weighted by molar-refractivity contribution is 5.76. The average molecular weight is 256 g/mol.